The third kappa shape index (κ3) is 16.2. The lowest BCUT2D eigenvalue weighted by atomic mass is 10.1. The molecule has 0 aliphatic rings. The first-order valence-electron chi connectivity index (χ1n) is 13.6. The predicted molar refractivity (Wildman–Crippen MR) is 145 cm³/mol. The van der Waals surface area contributed by atoms with Gasteiger partial charge in [0.25, 0.3) is 0 Å². The van der Waals surface area contributed by atoms with Gasteiger partial charge in [0.2, 0.25) is 5.91 Å². The molecule has 1 aromatic rings. The molecule has 1 rings (SSSR count). The Morgan fingerprint density at radius 2 is 1.69 bits per heavy atom. The zero-order valence-electron chi connectivity index (χ0n) is 22.9. The Bertz CT molecular complexity index is 649. The van der Waals surface area contributed by atoms with E-state index in [0.717, 1.165) is 63.5 Å². The zero-order valence-corrected chi connectivity index (χ0v) is 22.9. The van der Waals surface area contributed by atoms with Gasteiger partial charge in [0.15, 0.2) is 5.72 Å². The summed E-state index contributed by atoms with van der Waals surface area (Å²) in [5.74, 6) is 0.0295. The third-order valence-corrected chi connectivity index (χ3v) is 6.01. The summed E-state index contributed by atoms with van der Waals surface area (Å²) in [6.07, 6.45) is 8.19. The van der Waals surface area contributed by atoms with E-state index in [1.165, 1.54) is 0 Å². The molecule has 8 nitrogen and oxygen atoms in total. The Morgan fingerprint density at radius 3 is 2.42 bits per heavy atom. The van der Waals surface area contributed by atoms with Crippen LogP contribution in [-0.2, 0) is 30.3 Å². The van der Waals surface area contributed by atoms with Crippen LogP contribution in [0.1, 0.15) is 70.3 Å². The molecule has 0 saturated heterocycles. The molecule has 0 heterocycles. The minimum Gasteiger partial charge on any atom is -0.385 e. The SMILES string of the molecule is CCCCCC(=O)NC[C@](COCCCCCOC)(NCc1ccccc1)OC[C@@H](N)CCCOC. The van der Waals surface area contributed by atoms with Gasteiger partial charge in [-0.2, -0.15) is 0 Å². The molecule has 0 bridgehead atoms. The fraction of sp³-hybridized carbons (Fsp3) is 0.750. The number of carbonyl (C=O) groups is 1. The summed E-state index contributed by atoms with van der Waals surface area (Å²) < 4.78 is 22.8. The van der Waals surface area contributed by atoms with Gasteiger partial charge >= 0.3 is 0 Å². The minimum absolute atomic E-state index is 0.0295. The molecule has 0 spiro atoms. The summed E-state index contributed by atoms with van der Waals surface area (Å²) in [7, 11) is 3.41. The highest BCUT2D eigenvalue weighted by atomic mass is 16.6. The van der Waals surface area contributed by atoms with Crippen LogP contribution in [0.15, 0.2) is 30.3 Å². The number of amides is 1. The molecule has 36 heavy (non-hydrogen) atoms. The number of ether oxygens (including phenoxy) is 4. The highest BCUT2D eigenvalue weighted by molar-refractivity contribution is 5.75. The van der Waals surface area contributed by atoms with Crippen LogP contribution in [0.5, 0.6) is 0 Å². The number of carbonyl (C=O) groups excluding carboxylic acids is 1. The van der Waals surface area contributed by atoms with Gasteiger partial charge in [-0.3, -0.25) is 10.1 Å². The first-order chi connectivity index (χ1) is 17.5. The predicted octanol–water partition coefficient (Wildman–Crippen LogP) is 3.77. The van der Waals surface area contributed by atoms with E-state index in [1.54, 1.807) is 14.2 Å². The lowest BCUT2D eigenvalue weighted by Crippen LogP contribution is -2.59. The van der Waals surface area contributed by atoms with Gasteiger partial charge in [-0.05, 0) is 44.1 Å². The largest absolute Gasteiger partial charge is 0.385 e. The van der Waals surface area contributed by atoms with Gasteiger partial charge < -0.3 is 30.0 Å². The first kappa shape index (κ1) is 32.5. The van der Waals surface area contributed by atoms with E-state index in [4.69, 9.17) is 24.7 Å². The van der Waals surface area contributed by atoms with Crippen LogP contribution in [0.3, 0.4) is 0 Å². The Hall–Kier alpha value is -1.55. The summed E-state index contributed by atoms with van der Waals surface area (Å²) >= 11 is 0. The Kier molecular flexibility index (Phi) is 19.4. The van der Waals surface area contributed by atoms with Gasteiger partial charge in [-0.15, -0.1) is 0 Å². The highest BCUT2D eigenvalue weighted by Crippen LogP contribution is 2.13. The molecular weight excluding hydrogens is 458 g/mol. The van der Waals surface area contributed by atoms with Crippen molar-refractivity contribution in [3.8, 4) is 0 Å². The molecule has 0 aliphatic carbocycles. The second-order valence-electron chi connectivity index (χ2n) is 9.38. The van der Waals surface area contributed by atoms with Crippen LogP contribution in [0.4, 0.5) is 0 Å². The Labute approximate surface area is 219 Å². The third-order valence-electron chi connectivity index (χ3n) is 6.01. The first-order valence-corrected chi connectivity index (χ1v) is 13.6. The Morgan fingerprint density at radius 1 is 0.972 bits per heavy atom. The van der Waals surface area contributed by atoms with Gasteiger partial charge in [0.1, 0.15) is 0 Å². The number of benzene rings is 1. The maximum Gasteiger partial charge on any atom is 0.220 e. The lowest BCUT2D eigenvalue weighted by Gasteiger charge is -2.36. The van der Waals surface area contributed by atoms with Crippen molar-refractivity contribution in [1.29, 1.82) is 0 Å². The van der Waals surface area contributed by atoms with Crippen molar-refractivity contribution in [3.05, 3.63) is 35.9 Å². The highest BCUT2D eigenvalue weighted by Gasteiger charge is 2.32. The van der Waals surface area contributed by atoms with Crippen LogP contribution in [-0.4, -0.2) is 71.5 Å². The summed E-state index contributed by atoms with van der Waals surface area (Å²) in [5.41, 5.74) is 6.58. The Balaban J connectivity index is 2.84. The zero-order chi connectivity index (χ0) is 26.3. The number of nitrogens with one attached hydrogen (secondary N) is 2. The average molecular weight is 510 g/mol. The number of nitrogens with two attached hydrogens (primary N) is 1. The fourth-order valence-corrected chi connectivity index (χ4v) is 3.74. The quantitative estimate of drug-likeness (QED) is 0.144. The molecule has 0 unspecified atom stereocenters. The van der Waals surface area contributed by atoms with E-state index in [0.29, 0.717) is 45.9 Å². The number of rotatable bonds is 24. The molecule has 4 N–H and O–H groups in total. The molecule has 0 saturated carbocycles. The van der Waals surface area contributed by atoms with Crippen molar-refractivity contribution in [3.63, 3.8) is 0 Å². The smallest absolute Gasteiger partial charge is 0.220 e. The molecule has 0 aromatic heterocycles. The molecule has 1 amide bonds. The van der Waals surface area contributed by atoms with E-state index in [1.807, 2.05) is 18.2 Å². The van der Waals surface area contributed by atoms with Gasteiger partial charge in [-0.1, -0.05) is 50.1 Å². The van der Waals surface area contributed by atoms with Crippen LogP contribution in [0.25, 0.3) is 0 Å². The van der Waals surface area contributed by atoms with E-state index in [2.05, 4.69) is 29.7 Å². The van der Waals surface area contributed by atoms with Crippen molar-refractivity contribution in [1.82, 2.24) is 10.6 Å². The normalized spacial score (nSPS) is 13.9. The molecule has 8 heteroatoms. The van der Waals surface area contributed by atoms with Crippen molar-refractivity contribution >= 4 is 5.91 Å². The summed E-state index contributed by atoms with van der Waals surface area (Å²) in [5, 5.41) is 6.62. The number of unbranched alkanes of at least 4 members (excludes halogenated alkanes) is 4. The molecule has 0 fully saturated rings. The van der Waals surface area contributed by atoms with E-state index in [9.17, 15) is 4.79 Å². The van der Waals surface area contributed by atoms with Crippen molar-refractivity contribution < 1.29 is 23.7 Å². The van der Waals surface area contributed by atoms with Gasteiger partial charge in [-0.25, -0.2) is 0 Å². The van der Waals surface area contributed by atoms with Crippen LogP contribution >= 0.6 is 0 Å². The lowest BCUT2D eigenvalue weighted by molar-refractivity contribution is -0.134. The molecule has 0 aliphatic heterocycles. The van der Waals surface area contributed by atoms with Crippen LogP contribution in [0.2, 0.25) is 0 Å². The summed E-state index contributed by atoms with van der Waals surface area (Å²) in [6, 6.07) is 10.0. The molecule has 0 radical (unpaired) electrons. The summed E-state index contributed by atoms with van der Waals surface area (Å²) in [6.45, 7) is 5.74. The van der Waals surface area contributed by atoms with Gasteiger partial charge in [0.05, 0.1) is 19.8 Å². The minimum atomic E-state index is -0.887. The van der Waals surface area contributed by atoms with Crippen LogP contribution in [0, 0.1) is 0 Å². The fourth-order valence-electron chi connectivity index (χ4n) is 3.74. The molecule has 208 valence electrons. The molecular formula is C28H51N3O5. The molecule has 1 aromatic carbocycles. The van der Waals surface area contributed by atoms with Crippen molar-refractivity contribution in [2.45, 2.75) is 83.0 Å². The summed E-state index contributed by atoms with van der Waals surface area (Å²) in [4.78, 5) is 12.5. The van der Waals surface area contributed by atoms with Gasteiger partial charge in [0, 0.05) is 53.0 Å². The number of hydrogen-bond acceptors (Lipinski definition) is 7. The van der Waals surface area contributed by atoms with Crippen molar-refractivity contribution in [2.24, 2.45) is 5.73 Å². The topological polar surface area (TPSA) is 104 Å². The van der Waals surface area contributed by atoms with E-state index >= 15 is 0 Å². The van der Waals surface area contributed by atoms with E-state index in [-0.39, 0.29) is 11.9 Å². The second kappa shape index (κ2) is 21.5. The number of hydrogen-bond donors (Lipinski definition) is 3. The second-order valence-corrected chi connectivity index (χ2v) is 9.38. The van der Waals surface area contributed by atoms with E-state index < -0.39 is 5.72 Å². The number of methoxy groups -OCH3 is 2. The van der Waals surface area contributed by atoms with Crippen molar-refractivity contribution in [2.75, 3.05) is 53.8 Å². The average Bonchev–Trinajstić information content (AvgIpc) is 2.89. The monoisotopic (exact) mass is 509 g/mol. The maximum absolute atomic E-state index is 12.5. The standard InChI is InChI=1S/C28H51N3O5/c1-4-5-8-17-27(32)30-23-28(24-35-20-12-7-11-18-33-2,31-21-25-14-9-6-10-15-25)36-22-26(29)16-13-19-34-3/h6,9-10,14-15,26,31H,4-5,7-8,11-13,16-24,29H2,1-3H3,(H,30,32)/t26-,28-/m0/s1. The molecule has 2 atom stereocenters. The van der Waals surface area contributed by atoms with Crippen LogP contribution < -0.4 is 16.4 Å². The maximum atomic E-state index is 12.5.